The van der Waals surface area contributed by atoms with Gasteiger partial charge >= 0.3 is 0 Å². The Balaban J connectivity index is 0.000000175. The highest BCUT2D eigenvalue weighted by Crippen LogP contribution is 2.41. The lowest BCUT2D eigenvalue weighted by atomic mass is 9.82. The average molecular weight is 716 g/mol. The lowest BCUT2D eigenvalue weighted by Gasteiger charge is -2.26. The molecule has 224 valence electrons. The van der Waals surface area contributed by atoms with E-state index in [1.54, 1.807) is 14.1 Å². The Morgan fingerprint density at radius 1 is 0.568 bits per heavy atom. The monoisotopic (exact) mass is 714 g/mol. The predicted octanol–water partition coefficient (Wildman–Crippen LogP) is 5.58. The third-order valence-corrected chi connectivity index (χ3v) is 8.86. The van der Waals surface area contributed by atoms with Crippen molar-refractivity contribution in [3.8, 4) is 0 Å². The number of carbonyl (C=O) groups is 2. The zero-order valence-electron chi connectivity index (χ0n) is 24.8. The Morgan fingerprint density at radius 3 is 1.36 bits per heavy atom. The molecule has 0 fully saturated rings. The Morgan fingerprint density at radius 2 is 0.977 bits per heavy atom. The first kappa shape index (κ1) is 31.2. The molecule has 2 amide bonds. The van der Waals surface area contributed by atoms with Gasteiger partial charge in [0.25, 0.3) is 11.8 Å². The number of aryl methyl sites for hydroxylation is 2. The first-order valence-electron chi connectivity index (χ1n) is 13.8. The smallest absolute Gasteiger partial charge is 0.266 e. The van der Waals surface area contributed by atoms with E-state index in [9.17, 15) is 9.59 Å². The molecule has 8 nitrogen and oxygen atoms in total. The number of amides is 2. The number of likely N-dealkylation sites (N-methyl/N-ethyl adjacent to an activating group) is 2. The number of benzene rings is 4. The Labute approximate surface area is 273 Å². The van der Waals surface area contributed by atoms with E-state index in [0.29, 0.717) is 0 Å². The lowest BCUT2D eigenvalue weighted by Crippen LogP contribution is -2.41. The highest BCUT2D eigenvalue weighted by Gasteiger charge is 2.50. The molecule has 0 aliphatic carbocycles. The van der Waals surface area contributed by atoms with Gasteiger partial charge in [-0.05, 0) is 60.4 Å². The van der Waals surface area contributed by atoms with Crippen LogP contribution in [0.25, 0.3) is 0 Å². The summed E-state index contributed by atoms with van der Waals surface area (Å²) in [5, 5.41) is 0. The summed E-state index contributed by atoms with van der Waals surface area (Å²) < 4.78 is 1.79. The molecular formula is C34H32Br2N6O2. The van der Waals surface area contributed by atoms with E-state index in [1.165, 1.54) is 9.80 Å². The van der Waals surface area contributed by atoms with Gasteiger partial charge in [-0.2, -0.15) is 0 Å². The maximum absolute atomic E-state index is 13.0. The molecule has 4 aromatic rings. The van der Waals surface area contributed by atoms with Crippen molar-refractivity contribution in [2.45, 2.75) is 24.9 Å². The van der Waals surface area contributed by atoms with Gasteiger partial charge in [-0.25, -0.2) is 9.98 Å². The van der Waals surface area contributed by atoms with E-state index in [0.717, 1.165) is 42.3 Å². The highest BCUT2D eigenvalue weighted by molar-refractivity contribution is 9.10. The standard InChI is InChI=1S/2C17H16BrN3O/c1-11-5-3-6-12(9-11)17(13-7-4-8-14(18)10-13)15(22)21(2)16(19)20-17;1-11-6-8-12(9-7-11)17(13-4-3-5-14(18)10-13)15(22)21(2)16(19)20-17/h2*3-10H,1-2H3,(H2,19,20). The van der Waals surface area contributed by atoms with Gasteiger partial charge in [0, 0.05) is 23.0 Å². The molecule has 2 unspecified atom stereocenters. The molecule has 10 heteroatoms. The summed E-state index contributed by atoms with van der Waals surface area (Å²) in [5.41, 5.74) is 15.1. The van der Waals surface area contributed by atoms with Crippen LogP contribution in [0.1, 0.15) is 33.4 Å². The van der Waals surface area contributed by atoms with Crippen molar-refractivity contribution in [3.05, 3.63) is 139 Å². The minimum Gasteiger partial charge on any atom is -0.369 e. The largest absolute Gasteiger partial charge is 0.369 e. The van der Waals surface area contributed by atoms with E-state index in [1.807, 2.05) is 111 Å². The van der Waals surface area contributed by atoms with Crippen molar-refractivity contribution in [1.29, 1.82) is 0 Å². The second-order valence-electron chi connectivity index (χ2n) is 10.8. The van der Waals surface area contributed by atoms with Crippen molar-refractivity contribution in [2.75, 3.05) is 14.1 Å². The highest BCUT2D eigenvalue weighted by atomic mass is 79.9. The molecular weight excluding hydrogens is 684 g/mol. The molecule has 2 heterocycles. The molecule has 6 rings (SSSR count). The van der Waals surface area contributed by atoms with Gasteiger partial charge in [0.15, 0.2) is 23.0 Å². The maximum Gasteiger partial charge on any atom is 0.266 e. The maximum atomic E-state index is 13.0. The minimum atomic E-state index is -1.12. The van der Waals surface area contributed by atoms with Crippen LogP contribution in [0.15, 0.2) is 116 Å². The normalized spacial score (nSPS) is 21.1. The predicted molar refractivity (Wildman–Crippen MR) is 181 cm³/mol. The van der Waals surface area contributed by atoms with Crippen LogP contribution in [0, 0.1) is 13.8 Å². The number of carbonyl (C=O) groups excluding carboxylic acids is 2. The van der Waals surface area contributed by atoms with Gasteiger partial charge in [-0.1, -0.05) is 116 Å². The molecule has 4 aromatic carbocycles. The zero-order valence-corrected chi connectivity index (χ0v) is 27.9. The molecule has 2 aliphatic heterocycles. The lowest BCUT2D eigenvalue weighted by molar-refractivity contribution is -0.130. The topological polar surface area (TPSA) is 117 Å². The fourth-order valence-electron chi connectivity index (χ4n) is 5.46. The third kappa shape index (κ3) is 5.33. The van der Waals surface area contributed by atoms with Gasteiger partial charge in [0.05, 0.1) is 0 Å². The molecule has 2 atom stereocenters. The van der Waals surface area contributed by atoms with E-state index < -0.39 is 11.1 Å². The zero-order chi connectivity index (χ0) is 31.8. The van der Waals surface area contributed by atoms with Crippen LogP contribution in [-0.2, 0) is 20.7 Å². The summed E-state index contributed by atoms with van der Waals surface area (Å²) in [6.45, 7) is 4.00. The average Bonchev–Trinajstić information content (AvgIpc) is 3.38. The van der Waals surface area contributed by atoms with Gasteiger partial charge < -0.3 is 11.5 Å². The molecule has 0 saturated carbocycles. The molecule has 44 heavy (non-hydrogen) atoms. The van der Waals surface area contributed by atoms with E-state index in [2.05, 4.69) is 41.8 Å². The van der Waals surface area contributed by atoms with Crippen LogP contribution in [0.5, 0.6) is 0 Å². The Bertz CT molecular complexity index is 1780. The number of hydrogen-bond acceptors (Lipinski definition) is 6. The Hall–Kier alpha value is -4.28. The fraction of sp³-hybridized carbons (Fsp3) is 0.176. The van der Waals surface area contributed by atoms with E-state index >= 15 is 0 Å². The number of nitrogens with zero attached hydrogens (tertiary/aromatic N) is 4. The van der Waals surface area contributed by atoms with E-state index in [-0.39, 0.29) is 23.7 Å². The SMILES string of the molecule is Cc1ccc(C2(c3cccc(Br)c3)N=C(N)N(C)C2=O)cc1.Cc1cccc(C2(c3cccc(Br)c3)N=C(N)N(C)C2=O)c1. The Kier molecular flexibility index (Phi) is 8.51. The fourth-order valence-corrected chi connectivity index (χ4v) is 6.26. The quantitative estimate of drug-likeness (QED) is 0.287. The number of hydrogen-bond donors (Lipinski definition) is 2. The summed E-state index contributed by atoms with van der Waals surface area (Å²) in [5.74, 6) is 0.165. The summed E-state index contributed by atoms with van der Waals surface area (Å²) in [6.07, 6.45) is 0. The van der Waals surface area contributed by atoms with Gasteiger partial charge in [-0.15, -0.1) is 0 Å². The molecule has 0 aromatic heterocycles. The van der Waals surface area contributed by atoms with Crippen molar-refractivity contribution in [2.24, 2.45) is 21.5 Å². The van der Waals surface area contributed by atoms with Crippen LogP contribution in [0.2, 0.25) is 0 Å². The van der Waals surface area contributed by atoms with Gasteiger partial charge in [0.2, 0.25) is 0 Å². The molecule has 0 saturated heterocycles. The molecule has 4 N–H and O–H groups in total. The number of aliphatic imine (C=N–C) groups is 2. The summed E-state index contributed by atoms with van der Waals surface area (Å²) in [4.78, 5) is 37.8. The van der Waals surface area contributed by atoms with Crippen LogP contribution in [-0.4, -0.2) is 47.6 Å². The van der Waals surface area contributed by atoms with Gasteiger partial charge in [-0.3, -0.25) is 19.4 Å². The number of nitrogens with two attached hydrogens (primary N) is 2. The van der Waals surface area contributed by atoms with Crippen LogP contribution in [0.3, 0.4) is 0 Å². The third-order valence-electron chi connectivity index (χ3n) is 7.87. The molecule has 0 spiro atoms. The van der Waals surface area contributed by atoms with E-state index in [4.69, 9.17) is 11.5 Å². The molecule has 2 aliphatic rings. The van der Waals surface area contributed by atoms with Crippen molar-refractivity contribution >= 4 is 55.6 Å². The number of rotatable bonds is 4. The number of halogens is 2. The molecule has 0 radical (unpaired) electrons. The van der Waals surface area contributed by atoms with Crippen LogP contribution in [0.4, 0.5) is 0 Å². The summed E-state index contributed by atoms with van der Waals surface area (Å²) in [6, 6.07) is 30.9. The second kappa shape index (κ2) is 12.0. The van der Waals surface area contributed by atoms with Crippen molar-refractivity contribution < 1.29 is 9.59 Å². The van der Waals surface area contributed by atoms with Crippen molar-refractivity contribution in [1.82, 2.24) is 9.80 Å². The van der Waals surface area contributed by atoms with Crippen LogP contribution < -0.4 is 11.5 Å². The summed E-state index contributed by atoms with van der Waals surface area (Å²) >= 11 is 6.93. The first-order chi connectivity index (χ1) is 20.9. The summed E-state index contributed by atoms with van der Waals surface area (Å²) in [7, 11) is 3.30. The van der Waals surface area contributed by atoms with Crippen molar-refractivity contribution in [3.63, 3.8) is 0 Å². The first-order valence-corrected chi connectivity index (χ1v) is 15.4. The molecule has 0 bridgehead atoms. The minimum absolute atomic E-state index is 0.145. The number of guanidine groups is 2. The second-order valence-corrected chi connectivity index (χ2v) is 12.7. The van der Waals surface area contributed by atoms with Gasteiger partial charge in [0.1, 0.15) is 0 Å². The van der Waals surface area contributed by atoms with Crippen LogP contribution >= 0.6 is 31.9 Å².